The number of carbonyl (C=O) groups excluding carboxylic acids is 2. The van der Waals surface area contributed by atoms with Crippen molar-refractivity contribution in [2.75, 3.05) is 13.1 Å². The van der Waals surface area contributed by atoms with Crippen molar-refractivity contribution in [2.24, 2.45) is 0 Å². The number of carbonyl (C=O) groups is 2. The summed E-state index contributed by atoms with van der Waals surface area (Å²) in [5, 5.41) is 16.3. The molecule has 0 saturated heterocycles. The first-order chi connectivity index (χ1) is 11.9. The Morgan fingerprint density at radius 1 is 1.16 bits per heavy atom. The second-order valence-electron chi connectivity index (χ2n) is 6.32. The molecule has 9 heteroatoms. The van der Waals surface area contributed by atoms with Crippen LogP contribution in [0.25, 0.3) is 0 Å². The van der Waals surface area contributed by atoms with E-state index in [-0.39, 0.29) is 19.0 Å². The predicted octanol–water partition coefficient (Wildman–Crippen LogP) is 0.903. The number of amides is 2. The van der Waals surface area contributed by atoms with Crippen LogP contribution in [0.1, 0.15) is 32.4 Å². The zero-order valence-electron chi connectivity index (χ0n) is 14.5. The highest BCUT2D eigenvalue weighted by Crippen LogP contribution is 2.16. The Balaban J connectivity index is 1.90. The first-order valence-electron chi connectivity index (χ1n) is 7.89. The Morgan fingerprint density at radius 3 is 2.44 bits per heavy atom. The van der Waals surface area contributed by atoms with Crippen LogP contribution >= 0.6 is 0 Å². The molecule has 9 nitrogen and oxygen atoms in total. The number of nitrogens with one attached hydrogen (secondary N) is 2. The van der Waals surface area contributed by atoms with Gasteiger partial charge in [-0.05, 0) is 36.8 Å². The van der Waals surface area contributed by atoms with Gasteiger partial charge in [0, 0.05) is 13.1 Å². The number of alkyl carbamates (subject to hydrolysis) is 1. The van der Waals surface area contributed by atoms with Crippen LogP contribution in [0.3, 0.4) is 0 Å². The Labute approximate surface area is 145 Å². The molecule has 0 unspecified atom stereocenters. The monoisotopic (exact) mass is 346 g/mol. The van der Waals surface area contributed by atoms with Crippen LogP contribution in [0.4, 0.5) is 4.79 Å². The minimum Gasteiger partial charge on any atom is -0.444 e. The van der Waals surface area contributed by atoms with Gasteiger partial charge in [0.25, 0.3) is 0 Å². The maximum Gasteiger partial charge on any atom is 0.407 e. The van der Waals surface area contributed by atoms with Gasteiger partial charge in [0.05, 0.1) is 0 Å². The summed E-state index contributed by atoms with van der Waals surface area (Å²) in [5.74, 6) is -0.274. The lowest BCUT2D eigenvalue weighted by Gasteiger charge is -2.20. The molecule has 0 spiro atoms. The lowest BCUT2D eigenvalue weighted by atomic mass is 10.1. The molecular weight excluding hydrogens is 324 g/mol. The summed E-state index contributed by atoms with van der Waals surface area (Å²) in [6, 6.07) is 8.50. The first-order valence-corrected chi connectivity index (χ1v) is 7.89. The standard InChI is InChI=1S/C16H22N6O3/c1-16(2,3)25-15(24)18-10-9-17-14(23)13(22-11-19-20-21-22)12-7-5-4-6-8-12/h4-8,11,13H,9-10H2,1-3H3,(H,17,23)(H,18,24)/t13-/m1/s1. The molecule has 134 valence electrons. The topological polar surface area (TPSA) is 111 Å². The molecule has 1 heterocycles. The molecule has 2 aromatic rings. The van der Waals surface area contributed by atoms with Gasteiger partial charge < -0.3 is 15.4 Å². The average molecular weight is 346 g/mol. The Morgan fingerprint density at radius 2 is 1.84 bits per heavy atom. The molecule has 0 aliphatic heterocycles. The van der Waals surface area contributed by atoms with Crippen molar-refractivity contribution < 1.29 is 14.3 Å². The highest BCUT2D eigenvalue weighted by atomic mass is 16.6. The average Bonchev–Trinajstić information content (AvgIpc) is 3.05. The van der Waals surface area contributed by atoms with Crippen molar-refractivity contribution in [3.63, 3.8) is 0 Å². The van der Waals surface area contributed by atoms with E-state index in [1.54, 1.807) is 20.8 Å². The summed E-state index contributed by atoms with van der Waals surface area (Å²) < 4.78 is 6.51. The Kier molecular flexibility index (Phi) is 6.04. The van der Waals surface area contributed by atoms with Crippen molar-refractivity contribution in [3.05, 3.63) is 42.2 Å². The lowest BCUT2D eigenvalue weighted by Crippen LogP contribution is -2.40. The van der Waals surface area contributed by atoms with E-state index in [1.807, 2.05) is 30.3 Å². The van der Waals surface area contributed by atoms with Gasteiger partial charge in [-0.25, -0.2) is 9.48 Å². The van der Waals surface area contributed by atoms with Crippen molar-refractivity contribution >= 4 is 12.0 Å². The summed E-state index contributed by atoms with van der Waals surface area (Å²) in [6.45, 7) is 5.85. The van der Waals surface area contributed by atoms with Gasteiger partial charge in [-0.2, -0.15) is 0 Å². The Bertz CT molecular complexity index is 682. The predicted molar refractivity (Wildman–Crippen MR) is 89.6 cm³/mol. The molecule has 0 aliphatic rings. The summed E-state index contributed by atoms with van der Waals surface area (Å²) >= 11 is 0. The fourth-order valence-electron chi connectivity index (χ4n) is 2.11. The van der Waals surface area contributed by atoms with E-state index in [2.05, 4.69) is 26.2 Å². The molecule has 2 N–H and O–H groups in total. The highest BCUT2D eigenvalue weighted by Gasteiger charge is 2.23. The number of hydrogen-bond donors (Lipinski definition) is 2. The maximum atomic E-state index is 12.5. The zero-order valence-corrected chi connectivity index (χ0v) is 14.5. The number of aromatic nitrogens is 4. The van der Waals surface area contributed by atoms with Crippen molar-refractivity contribution in [2.45, 2.75) is 32.4 Å². The minimum atomic E-state index is -0.683. The third-order valence-electron chi connectivity index (χ3n) is 3.09. The van der Waals surface area contributed by atoms with Crippen LogP contribution in [-0.2, 0) is 9.53 Å². The molecule has 1 aromatic carbocycles. The largest absolute Gasteiger partial charge is 0.444 e. The molecule has 2 amide bonds. The zero-order chi connectivity index (χ0) is 18.3. The van der Waals surface area contributed by atoms with Crippen LogP contribution in [0.2, 0.25) is 0 Å². The fourth-order valence-corrected chi connectivity index (χ4v) is 2.11. The molecule has 0 aliphatic carbocycles. The summed E-state index contributed by atoms with van der Waals surface area (Å²) in [4.78, 5) is 24.1. The van der Waals surface area contributed by atoms with Crippen LogP contribution < -0.4 is 10.6 Å². The summed E-state index contributed by atoms with van der Waals surface area (Å²) in [7, 11) is 0. The third kappa shape index (κ3) is 5.87. The normalized spacial score (nSPS) is 12.3. The van der Waals surface area contributed by atoms with Gasteiger partial charge >= 0.3 is 6.09 Å². The quantitative estimate of drug-likeness (QED) is 0.752. The molecule has 0 saturated carbocycles. The molecule has 25 heavy (non-hydrogen) atoms. The smallest absolute Gasteiger partial charge is 0.407 e. The second-order valence-corrected chi connectivity index (χ2v) is 6.32. The number of ether oxygens (including phenoxy) is 1. The van der Waals surface area contributed by atoms with Crippen molar-refractivity contribution in [1.82, 2.24) is 30.8 Å². The highest BCUT2D eigenvalue weighted by molar-refractivity contribution is 5.83. The van der Waals surface area contributed by atoms with Crippen molar-refractivity contribution in [3.8, 4) is 0 Å². The summed E-state index contributed by atoms with van der Waals surface area (Å²) in [6.07, 6.45) is 0.859. The van der Waals surface area contributed by atoms with E-state index in [9.17, 15) is 9.59 Å². The van der Waals surface area contributed by atoms with E-state index in [0.717, 1.165) is 5.56 Å². The molecule has 1 aromatic heterocycles. The molecular formula is C16H22N6O3. The number of nitrogens with zero attached hydrogens (tertiary/aromatic N) is 4. The van der Waals surface area contributed by atoms with E-state index in [4.69, 9.17) is 4.74 Å². The van der Waals surface area contributed by atoms with Gasteiger partial charge in [0.2, 0.25) is 5.91 Å². The van der Waals surface area contributed by atoms with Crippen molar-refractivity contribution in [1.29, 1.82) is 0 Å². The molecule has 0 fully saturated rings. The van der Waals surface area contributed by atoms with E-state index >= 15 is 0 Å². The van der Waals surface area contributed by atoms with Gasteiger partial charge in [0.1, 0.15) is 11.9 Å². The van der Waals surface area contributed by atoms with Crippen LogP contribution in [0.15, 0.2) is 36.7 Å². The van der Waals surface area contributed by atoms with Crippen LogP contribution in [0, 0.1) is 0 Å². The Hall–Kier alpha value is -2.97. The molecule has 1 atom stereocenters. The number of tetrazole rings is 1. The van der Waals surface area contributed by atoms with E-state index in [0.29, 0.717) is 0 Å². The lowest BCUT2D eigenvalue weighted by molar-refractivity contribution is -0.123. The first kappa shape index (κ1) is 18.4. The maximum absolute atomic E-state index is 12.5. The number of rotatable bonds is 6. The van der Waals surface area contributed by atoms with Gasteiger partial charge in [-0.1, -0.05) is 30.3 Å². The second kappa shape index (κ2) is 8.22. The van der Waals surface area contributed by atoms with E-state index in [1.165, 1.54) is 11.0 Å². The number of hydrogen-bond acceptors (Lipinski definition) is 6. The van der Waals surface area contributed by atoms with Gasteiger partial charge in [0.15, 0.2) is 6.04 Å². The van der Waals surface area contributed by atoms with Crippen LogP contribution in [0.5, 0.6) is 0 Å². The van der Waals surface area contributed by atoms with Gasteiger partial charge in [-0.3, -0.25) is 4.79 Å². The molecule has 0 bridgehead atoms. The van der Waals surface area contributed by atoms with Gasteiger partial charge in [-0.15, -0.1) is 5.10 Å². The SMILES string of the molecule is CC(C)(C)OC(=O)NCCNC(=O)[C@@H](c1ccccc1)n1cnnn1. The molecule has 0 radical (unpaired) electrons. The summed E-state index contributed by atoms with van der Waals surface area (Å²) in [5.41, 5.74) is 0.193. The fraction of sp³-hybridized carbons (Fsp3) is 0.438. The van der Waals surface area contributed by atoms with Crippen LogP contribution in [-0.4, -0.2) is 50.9 Å². The molecule has 2 rings (SSSR count). The third-order valence-corrected chi connectivity index (χ3v) is 3.09. The number of benzene rings is 1. The minimum absolute atomic E-state index is 0.248. The van der Waals surface area contributed by atoms with E-state index < -0.39 is 17.7 Å².